The maximum absolute atomic E-state index is 12.0. The predicted octanol–water partition coefficient (Wildman–Crippen LogP) is 0.658. The molecule has 0 fully saturated rings. The van der Waals surface area contributed by atoms with Crippen LogP contribution in [-0.4, -0.2) is 34.5 Å². The van der Waals surface area contributed by atoms with Crippen molar-refractivity contribution in [2.75, 3.05) is 0 Å². The van der Waals surface area contributed by atoms with Gasteiger partial charge >= 0.3 is 0 Å². The van der Waals surface area contributed by atoms with Gasteiger partial charge in [0.2, 0.25) is 5.82 Å². The van der Waals surface area contributed by atoms with Crippen LogP contribution in [0.5, 0.6) is 0 Å². The van der Waals surface area contributed by atoms with Gasteiger partial charge in [0.25, 0.3) is 15.9 Å². The summed E-state index contributed by atoms with van der Waals surface area (Å²) >= 11 is 0. The normalized spacial score (nSPS) is 11.3. The van der Waals surface area contributed by atoms with Crippen molar-refractivity contribution in [3.63, 3.8) is 0 Å². The molecule has 0 spiro atoms. The van der Waals surface area contributed by atoms with Crippen LogP contribution in [0.15, 0.2) is 59.5 Å². The summed E-state index contributed by atoms with van der Waals surface area (Å²) in [5.74, 6) is -0.250. The van der Waals surface area contributed by atoms with Crippen LogP contribution in [0.3, 0.4) is 0 Å². The van der Waals surface area contributed by atoms with Crippen molar-refractivity contribution in [2.45, 2.75) is 18.4 Å². The number of hydrogen-bond donors (Lipinski definition) is 2. The fourth-order valence-corrected chi connectivity index (χ4v) is 2.96. The molecule has 2 aromatic carbocycles. The maximum atomic E-state index is 12.0. The number of tetrazole rings is 1. The van der Waals surface area contributed by atoms with Gasteiger partial charge in [-0.3, -0.25) is 10.2 Å². The van der Waals surface area contributed by atoms with Crippen LogP contribution >= 0.6 is 0 Å². The summed E-state index contributed by atoms with van der Waals surface area (Å²) < 4.78 is 24.1. The fraction of sp³-hybridized carbons (Fsp3) is 0.125. The van der Waals surface area contributed by atoms with E-state index in [0.29, 0.717) is 5.82 Å². The smallest absolute Gasteiger partial charge is 0.258 e. The number of sulfonamides is 1. The number of hydrazine groups is 1. The number of benzene rings is 2. The molecule has 3 rings (SSSR count). The number of aryl methyl sites for hydroxylation is 1. The topological polar surface area (TPSA) is 119 Å². The highest BCUT2D eigenvalue weighted by molar-refractivity contribution is 7.89. The molecule has 2 N–H and O–H groups in total. The second kappa shape index (κ2) is 7.42. The quantitative estimate of drug-likeness (QED) is 0.614. The number of aromatic nitrogens is 4. The maximum Gasteiger partial charge on any atom is 0.258 e. The number of rotatable bonds is 6. The minimum absolute atomic E-state index is 0.0424. The van der Waals surface area contributed by atoms with Crippen LogP contribution in [0.25, 0.3) is 11.4 Å². The molecule has 134 valence electrons. The largest absolute Gasteiger partial charge is 0.276 e. The highest BCUT2D eigenvalue weighted by atomic mass is 32.2. The Bertz CT molecular complexity index is 1000. The number of hydrogen-bond acceptors (Lipinski definition) is 6. The molecular formula is C16H16N6O3S. The van der Waals surface area contributed by atoms with Gasteiger partial charge in [-0.2, -0.15) is 4.80 Å². The first-order valence-corrected chi connectivity index (χ1v) is 9.13. The van der Waals surface area contributed by atoms with Crippen molar-refractivity contribution >= 4 is 15.9 Å². The second-order valence-electron chi connectivity index (χ2n) is 5.48. The summed E-state index contributed by atoms with van der Waals surface area (Å²) in [6.45, 7) is 1.69. The number of amides is 1. The number of nitrogens with one attached hydrogen (secondary N) is 2. The molecule has 0 saturated heterocycles. The van der Waals surface area contributed by atoms with E-state index in [0.717, 1.165) is 15.9 Å². The molecule has 0 unspecified atom stereocenters. The first-order valence-electron chi connectivity index (χ1n) is 7.64. The molecule has 0 aliphatic heterocycles. The molecule has 0 radical (unpaired) electrons. The van der Waals surface area contributed by atoms with E-state index in [4.69, 9.17) is 0 Å². The van der Waals surface area contributed by atoms with Gasteiger partial charge in [-0.05, 0) is 24.3 Å². The Hall–Kier alpha value is -3.11. The zero-order chi connectivity index (χ0) is 18.6. The Labute approximate surface area is 150 Å². The van der Waals surface area contributed by atoms with Crippen molar-refractivity contribution in [3.05, 3.63) is 60.2 Å². The van der Waals surface area contributed by atoms with E-state index in [1.807, 2.05) is 36.0 Å². The highest BCUT2D eigenvalue weighted by Gasteiger charge is 2.15. The molecular weight excluding hydrogens is 356 g/mol. The molecule has 1 heterocycles. The SMILES string of the molecule is Cc1ccc(-c2nnn(CC(=O)NNS(=O)(=O)c3ccccc3)n2)cc1. The van der Waals surface area contributed by atoms with Crippen LogP contribution in [0.2, 0.25) is 0 Å². The minimum Gasteiger partial charge on any atom is -0.276 e. The van der Waals surface area contributed by atoms with E-state index < -0.39 is 15.9 Å². The summed E-state index contributed by atoms with van der Waals surface area (Å²) in [5.41, 5.74) is 3.99. The van der Waals surface area contributed by atoms with Crippen molar-refractivity contribution in [2.24, 2.45) is 0 Å². The zero-order valence-corrected chi connectivity index (χ0v) is 14.6. The van der Waals surface area contributed by atoms with Crippen LogP contribution in [-0.2, 0) is 21.4 Å². The van der Waals surface area contributed by atoms with Gasteiger partial charge in [-0.1, -0.05) is 48.0 Å². The Morgan fingerprint density at radius 1 is 1.08 bits per heavy atom. The lowest BCUT2D eigenvalue weighted by Crippen LogP contribution is -2.43. The van der Waals surface area contributed by atoms with Gasteiger partial charge in [0.05, 0.1) is 4.90 Å². The van der Waals surface area contributed by atoms with Crippen LogP contribution in [0, 0.1) is 6.92 Å². The molecule has 0 aliphatic carbocycles. The molecule has 3 aromatic rings. The Kier molecular flexibility index (Phi) is 5.05. The summed E-state index contributed by atoms with van der Waals surface area (Å²) in [5, 5.41) is 11.8. The molecule has 0 bridgehead atoms. The predicted molar refractivity (Wildman–Crippen MR) is 92.9 cm³/mol. The third-order valence-electron chi connectivity index (χ3n) is 3.43. The van der Waals surface area contributed by atoms with Gasteiger partial charge in [0.1, 0.15) is 6.54 Å². The molecule has 0 aliphatic rings. The van der Waals surface area contributed by atoms with E-state index >= 15 is 0 Å². The summed E-state index contributed by atoms with van der Waals surface area (Å²) in [4.78, 5) is 15.1. The number of nitrogens with zero attached hydrogens (tertiary/aromatic N) is 4. The average Bonchev–Trinajstić information content (AvgIpc) is 3.10. The van der Waals surface area contributed by atoms with E-state index in [9.17, 15) is 13.2 Å². The van der Waals surface area contributed by atoms with E-state index in [1.54, 1.807) is 18.2 Å². The molecule has 10 heteroatoms. The zero-order valence-electron chi connectivity index (χ0n) is 13.8. The number of carbonyl (C=O) groups is 1. The van der Waals surface area contributed by atoms with E-state index in [-0.39, 0.29) is 11.4 Å². The average molecular weight is 372 g/mol. The monoisotopic (exact) mass is 372 g/mol. The van der Waals surface area contributed by atoms with Crippen LogP contribution in [0.1, 0.15) is 5.56 Å². The lowest BCUT2D eigenvalue weighted by Gasteiger charge is -2.07. The molecule has 1 amide bonds. The Morgan fingerprint density at radius 3 is 2.46 bits per heavy atom. The first-order chi connectivity index (χ1) is 12.4. The molecule has 1 aromatic heterocycles. The molecule has 9 nitrogen and oxygen atoms in total. The lowest BCUT2D eigenvalue weighted by molar-refractivity contribution is -0.122. The first kappa shape index (κ1) is 17.7. The summed E-state index contributed by atoms with van der Waals surface area (Å²) in [7, 11) is -3.84. The summed E-state index contributed by atoms with van der Waals surface area (Å²) in [6, 6.07) is 15.2. The van der Waals surface area contributed by atoms with Crippen LogP contribution < -0.4 is 10.3 Å². The second-order valence-corrected chi connectivity index (χ2v) is 7.16. The van der Waals surface area contributed by atoms with Gasteiger partial charge in [-0.25, -0.2) is 8.42 Å². The highest BCUT2D eigenvalue weighted by Crippen LogP contribution is 2.13. The Balaban J connectivity index is 1.60. The Morgan fingerprint density at radius 2 is 1.77 bits per heavy atom. The van der Waals surface area contributed by atoms with E-state index in [2.05, 4.69) is 20.8 Å². The van der Waals surface area contributed by atoms with Gasteiger partial charge in [0.15, 0.2) is 0 Å². The van der Waals surface area contributed by atoms with Crippen molar-refractivity contribution < 1.29 is 13.2 Å². The molecule has 0 atom stereocenters. The molecule has 26 heavy (non-hydrogen) atoms. The third-order valence-corrected chi connectivity index (χ3v) is 4.69. The standard InChI is InChI=1S/C16H16N6O3S/c1-12-7-9-13(10-8-12)16-18-20-22(19-16)11-15(23)17-21-26(24,25)14-5-3-2-4-6-14/h2-10,21H,11H2,1H3,(H,17,23). The van der Waals surface area contributed by atoms with E-state index in [1.165, 1.54) is 12.1 Å². The minimum atomic E-state index is -3.84. The molecule has 0 saturated carbocycles. The van der Waals surface area contributed by atoms with Gasteiger partial charge in [-0.15, -0.1) is 15.0 Å². The van der Waals surface area contributed by atoms with Crippen LogP contribution in [0.4, 0.5) is 0 Å². The van der Waals surface area contributed by atoms with Gasteiger partial charge < -0.3 is 0 Å². The van der Waals surface area contributed by atoms with Crippen molar-refractivity contribution in [1.82, 2.24) is 30.5 Å². The number of carbonyl (C=O) groups excluding carboxylic acids is 1. The van der Waals surface area contributed by atoms with Gasteiger partial charge in [0, 0.05) is 5.56 Å². The third kappa shape index (κ3) is 4.29. The van der Waals surface area contributed by atoms with Crippen molar-refractivity contribution in [3.8, 4) is 11.4 Å². The lowest BCUT2D eigenvalue weighted by atomic mass is 10.1. The van der Waals surface area contributed by atoms with Crippen molar-refractivity contribution in [1.29, 1.82) is 0 Å². The summed E-state index contributed by atoms with van der Waals surface area (Å²) in [6.07, 6.45) is 0. The fourth-order valence-electron chi connectivity index (χ4n) is 2.08.